The van der Waals surface area contributed by atoms with Gasteiger partial charge in [-0.2, -0.15) is 0 Å². The van der Waals surface area contributed by atoms with Gasteiger partial charge in [-0.25, -0.2) is 0 Å². The van der Waals surface area contributed by atoms with Crippen LogP contribution >= 0.6 is 23.2 Å². The van der Waals surface area contributed by atoms with Crippen LogP contribution in [-0.4, -0.2) is 70.2 Å². The minimum atomic E-state index is -0.435. The molecule has 7 nitrogen and oxygen atoms in total. The van der Waals surface area contributed by atoms with Crippen LogP contribution in [0.3, 0.4) is 0 Å². The molecular formula is C33H35Cl2N3O4. The molecule has 0 spiro atoms. The van der Waals surface area contributed by atoms with E-state index in [9.17, 15) is 14.7 Å². The highest BCUT2D eigenvalue weighted by atomic mass is 35.5. The number of aliphatic hydroxyl groups excluding tert-OH is 1. The van der Waals surface area contributed by atoms with Gasteiger partial charge in [0.05, 0.1) is 25.4 Å². The van der Waals surface area contributed by atoms with Crippen LogP contribution in [0.15, 0.2) is 66.7 Å². The van der Waals surface area contributed by atoms with E-state index in [2.05, 4.69) is 0 Å². The highest BCUT2D eigenvalue weighted by molar-refractivity contribution is 6.35. The van der Waals surface area contributed by atoms with E-state index in [0.717, 1.165) is 27.6 Å². The van der Waals surface area contributed by atoms with Gasteiger partial charge in [0.15, 0.2) is 0 Å². The molecule has 1 aliphatic heterocycles. The number of hydrogen-bond acceptors (Lipinski definition) is 4. The number of halogens is 2. The third-order valence-corrected chi connectivity index (χ3v) is 8.57. The number of hydrogen-bond donors (Lipinski definition) is 1. The largest absolute Gasteiger partial charge is 0.394 e. The molecule has 1 aliphatic rings. The zero-order valence-electron chi connectivity index (χ0n) is 24.2. The maximum Gasteiger partial charge on any atom is 0.271 e. The van der Waals surface area contributed by atoms with E-state index >= 15 is 0 Å². The van der Waals surface area contributed by atoms with E-state index in [0.29, 0.717) is 34.5 Å². The van der Waals surface area contributed by atoms with E-state index in [1.807, 2.05) is 74.0 Å². The number of para-hydroxylation sites is 1. The number of rotatable bonds is 5. The van der Waals surface area contributed by atoms with E-state index < -0.39 is 12.1 Å². The number of aromatic nitrogens is 1. The fourth-order valence-corrected chi connectivity index (χ4v) is 6.30. The number of carbonyl (C=O) groups excluding carboxylic acids is 2. The summed E-state index contributed by atoms with van der Waals surface area (Å²) in [6, 6.07) is 20.3. The van der Waals surface area contributed by atoms with E-state index in [4.69, 9.17) is 27.9 Å². The average Bonchev–Trinajstić information content (AvgIpc) is 3.27. The minimum absolute atomic E-state index is 0.162. The summed E-state index contributed by atoms with van der Waals surface area (Å²) in [5.41, 5.74) is 4.62. The number of carbonyl (C=O) groups is 2. The van der Waals surface area contributed by atoms with Crippen molar-refractivity contribution in [2.45, 2.75) is 32.6 Å². The maximum atomic E-state index is 14.5. The van der Waals surface area contributed by atoms with Gasteiger partial charge in [0, 0.05) is 65.2 Å². The van der Waals surface area contributed by atoms with Gasteiger partial charge in [0.1, 0.15) is 5.69 Å². The van der Waals surface area contributed by atoms with Crippen LogP contribution in [0.1, 0.15) is 40.3 Å². The Morgan fingerprint density at radius 1 is 1.10 bits per heavy atom. The minimum Gasteiger partial charge on any atom is -0.394 e. The fourth-order valence-electron chi connectivity index (χ4n) is 5.78. The molecule has 3 atom stereocenters. The summed E-state index contributed by atoms with van der Waals surface area (Å²) < 4.78 is 8.54. The zero-order valence-corrected chi connectivity index (χ0v) is 25.7. The quantitative estimate of drug-likeness (QED) is 0.290. The smallest absolute Gasteiger partial charge is 0.271 e. The van der Waals surface area contributed by atoms with Crippen molar-refractivity contribution in [1.29, 1.82) is 0 Å². The van der Waals surface area contributed by atoms with Crippen molar-refractivity contribution >= 4 is 45.9 Å². The first-order valence-corrected chi connectivity index (χ1v) is 14.8. The summed E-state index contributed by atoms with van der Waals surface area (Å²) in [5.74, 6) is -0.574. The number of benzene rings is 3. The molecule has 0 aliphatic carbocycles. The summed E-state index contributed by atoms with van der Waals surface area (Å²) in [5, 5.41) is 11.9. The summed E-state index contributed by atoms with van der Waals surface area (Å²) in [6.07, 6.45) is -0.416. The topological polar surface area (TPSA) is 75.0 Å². The van der Waals surface area contributed by atoms with E-state index in [1.165, 1.54) is 0 Å². The second kappa shape index (κ2) is 12.5. The van der Waals surface area contributed by atoms with Gasteiger partial charge in [0.25, 0.3) is 11.8 Å². The Labute approximate surface area is 256 Å². The number of aryl methyl sites for hydroxylation is 1. The van der Waals surface area contributed by atoms with Crippen LogP contribution in [0.2, 0.25) is 10.0 Å². The second-order valence-electron chi connectivity index (χ2n) is 11.1. The van der Waals surface area contributed by atoms with Crippen molar-refractivity contribution < 1.29 is 19.4 Å². The fraction of sp³-hybridized carbons (Fsp3) is 0.333. The summed E-state index contributed by atoms with van der Waals surface area (Å²) >= 11 is 12.3. The monoisotopic (exact) mass is 607 g/mol. The number of aliphatic hydroxyl groups is 1. The first-order chi connectivity index (χ1) is 20.1. The molecule has 0 unspecified atom stereocenters. The molecule has 0 saturated heterocycles. The average molecular weight is 609 g/mol. The van der Waals surface area contributed by atoms with E-state index in [1.54, 1.807) is 35.0 Å². The molecule has 42 heavy (non-hydrogen) atoms. The molecule has 2 heterocycles. The molecule has 0 radical (unpaired) electrons. The molecule has 220 valence electrons. The third kappa shape index (κ3) is 5.79. The lowest BCUT2D eigenvalue weighted by Crippen LogP contribution is -2.48. The number of ether oxygens (including phenoxy) is 1. The van der Waals surface area contributed by atoms with Crippen LogP contribution in [0.25, 0.3) is 22.0 Å². The summed E-state index contributed by atoms with van der Waals surface area (Å²) in [4.78, 5) is 31.1. The number of amides is 2. The molecule has 4 aromatic rings. The van der Waals surface area contributed by atoms with Crippen molar-refractivity contribution in [2.75, 3.05) is 26.7 Å². The highest BCUT2D eigenvalue weighted by Gasteiger charge is 2.34. The summed E-state index contributed by atoms with van der Waals surface area (Å²) in [6.45, 7) is 4.56. The molecule has 5 rings (SSSR count). The number of likely N-dealkylation sites (N-methyl/N-ethyl adjacent to an activating group) is 1. The molecule has 2 amide bonds. The Hall–Kier alpha value is -3.36. The lowest BCUT2D eigenvalue weighted by molar-refractivity contribution is -0.0210. The molecule has 0 saturated carbocycles. The Balaban J connectivity index is 1.58. The Kier molecular flexibility index (Phi) is 8.94. The van der Waals surface area contributed by atoms with Gasteiger partial charge in [-0.05, 0) is 42.3 Å². The van der Waals surface area contributed by atoms with Crippen LogP contribution in [0.5, 0.6) is 0 Å². The molecule has 1 N–H and O–H groups in total. The number of nitrogens with zero attached hydrogens (tertiary/aromatic N) is 3. The Morgan fingerprint density at radius 2 is 1.76 bits per heavy atom. The molecule has 9 heteroatoms. The number of fused-ring (bicyclic) bond motifs is 5. The van der Waals surface area contributed by atoms with Crippen LogP contribution in [-0.2, 0) is 18.4 Å². The Morgan fingerprint density at radius 3 is 2.48 bits per heavy atom. The molecule has 0 fully saturated rings. The van der Waals surface area contributed by atoms with Crippen molar-refractivity contribution in [1.82, 2.24) is 14.4 Å². The summed E-state index contributed by atoms with van der Waals surface area (Å²) in [7, 11) is 3.63. The van der Waals surface area contributed by atoms with Crippen molar-refractivity contribution in [3.05, 3.63) is 93.6 Å². The zero-order chi connectivity index (χ0) is 30.1. The second-order valence-corrected chi connectivity index (χ2v) is 12.0. The van der Waals surface area contributed by atoms with Gasteiger partial charge < -0.3 is 24.2 Å². The normalized spacial score (nSPS) is 18.3. The first kappa shape index (κ1) is 30.1. The predicted molar refractivity (Wildman–Crippen MR) is 167 cm³/mol. The molecule has 1 aromatic heterocycles. The van der Waals surface area contributed by atoms with Gasteiger partial charge in [-0.1, -0.05) is 72.6 Å². The van der Waals surface area contributed by atoms with E-state index in [-0.39, 0.29) is 30.9 Å². The Bertz CT molecular complexity index is 1610. The van der Waals surface area contributed by atoms with Gasteiger partial charge in [-0.15, -0.1) is 0 Å². The SMILES string of the molecule is C[C@H]1CN([C@@H](C)CO)C(=O)c2c(c3ccccc3n2C)-c2ccccc2CO[C@@H]1CN(C)C(=O)c1cc(Cl)cc(Cl)c1. The lowest BCUT2D eigenvalue weighted by atomic mass is 9.96. The maximum absolute atomic E-state index is 14.5. The van der Waals surface area contributed by atoms with Crippen LogP contribution in [0.4, 0.5) is 0 Å². The predicted octanol–water partition coefficient (Wildman–Crippen LogP) is 6.28. The molecule has 3 aromatic carbocycles. The third-order valence-electron chi connectivity index (χ3n) is 8.14. The first-order valence-electron chi connectivity index (χ1n) is 14.0. The molecular weight excluding hydrogens is 573 g/mol. The van der Waals surface area contributed by atoms with Gasteiger partial charge >= 0.3 is 0 Å². The lowest BCUT2D eigenvalue weighted by Gasteiger charge is -2.35. The van der Waals surface area contributed by atoms with Crippen molar-refractivity contribution in [3.8, 4) is 11.1 Å². The standard InChI is InChI=1S/C33H35Cl2N3O4/c1-20-16-38(21(2)18-39)33(41)31-30(27-11-7-8-12-28(27)37(31)4)26-10-6-5-9-22(26)19-42-29(20)17-36(3)32(40)23-13-24(34)15-25(35)14-23/h5-15,20-21,29,39H,16-19H2,1-4H3/t20-,21-,29+/m0/s1. The van der Waals surface area contributed by atoms with Crippen molar-refractivity contribution in [3.63, 3.8) is 0 Å². The molecule has 0 bridgehead atoms. The van der Waals surface area contributed by atoms with Crippen LogP contribution < -0.4 is 0 Å². The highest BCUT2D eigenvalue weighted by Crippen LogP contribution is 2.38. The van der Waals surface area contributed by atoms with Gasteiger partial charge in [0.2, 0.25) is 0 Å². The van der Waals surface area contributed by atoms with Gasteiger partial charge in [-0.3, -0.25) is 9.59 Å². The van der Waals surface area contributed by atoms with Crippen LogP contribution in [0, 0.1) is 5.92 Å². The van der Waals surface area contributed by atoms with Crippen molar-refractivity contribution in [2.24, 2.45) is 13.0 Å².